The number of nitro groups is 1. The number of methoxy groups -OCH3 is 1. The second-order valence-corrected chi connectivity index (χ2v) is 3.66. The summed E-state index contributed by atoms with van der Waals surface area (Å²) in [5.41, 5.74) is -0.256. The summed E-state index contributed by atoms with van der Waals surface area (Å²) in [6.07, 6.45) is 0. The first-order valence-electron chi connectivity index (χ1n) is 5.40. The average Bonchev–Trinajstić information content (AvgIpc) is 2.38. The Morgan fingerprint density at radius 1 is 1.16 bits per heavy atom. The number of hydrogen-bond acceptors (Lipinski definition) is 5. The molecule has 0 aliphatic heterocycles. The van der Waals surface area contributed by atoms with E-state index in [-0.39, 0.29) is 22.9 Å². The molecule has 0 saturated carbocycles. The van der Waals surface area contributed by atoms with E-state index in [4.69, 9.17) is 9.47 Å². The molecule has 0 unspecified atom stereocenters. The van der Waals surface area contributed by atoms with Crippen LogP contribution in [0.25, 0.3) is 0 Å². The van der Waals surface area contributed by atoms with Crippen LogP contribution in [0.3, 0.4) is 0 Å². The standard InChI is InChI=1S/C13H11NO5/c1-18-11-6-3-7-12(13(11)14(16)17)19-10-5-2-4-9(15)8-10/h2-8,15H,1H3. The number of hydrogen-bond donors (Lipinski definition) is 1. The Balaban J connectivity index is 2.42. The first kappa shape index (κ1) is 12.7. The van der Waals surface area contributed by atoms with E-state index < -0.39 is 4.92 Å². The normalized spacial score (nSPS) is 9.95. The summed E-state index contributed by atoms with van der Waals surface area (Å²) in [5, 5.41) is 20.4. The molecule has 6 nitrogen and oxygen atoms in total. The van der Waals surface area contributed by atoms with Crippen molar-refractivity contribution >= 4 is 5.69 Å². The van der Waals surface area contributed by atoms with Crippen LogP contribution in [0.4, 0.5) is 5.69 Å². The summed E-state index contributed by atoms with van der Waals surface area (Å²) in [6, 6.07) is 10.5. The van der Waals surface area contributed by atoms with Gasteiger partial charge in [-0.2, -0.15) is 0 Å². The number of benzene rings is 2. The quantitative estimate of drug-likeness (QED) is 0.675. The van der Waals surface area contributed by atoms with Crippen LogP contribution in [-0.4, -0.2) is 17.1 Å². The van der Waals surface area contributed by atoms with Crippen LogP contribution >= 0.6 is 0 Å². The molecule has 2 aromatic rings. The maximum atomic E-state index is 11.1. The van der Waals surface area contributed by atoms with Crippen molar-refractivity contribution in [2.75, 3.05) is 7.11 Å². The molecule has 0 aromatic heterocycles. The van der Waals surface area contributed by atoms with Crippen molar-refractivity contribution in [3.05, 3.63) is 52.6 Å². The lowest BCUT2D eigenvalue weighted by atomic mass is 10.2. The molecule has 0 spiro atoms. The van der Waals surface area contributed by atoms with Gasteiger partial charge in [-0.15, -0.1) is 0 Å². The van der Waals surface area contributed by atoms with E-state index in [2.05, 4.69) is 0 Å². The fourth-order valence-corrected chi connectivity index (χ4v) is 1.60. The molecule has 0 atom stereocenters. The van der Waals surface area contributed by atoms with Gasteiger partial charge in [0.2, 0.25) is 11.5 Å². The van der Waals surface area contributed by atoms with Crippen LogP contribution in [0.1, 0.15) is 0 Å². The monoisotopic (exact) mass is 261 g/mol. The topological polar surface area (TPSA) is 81.8 Å². The molecular weight excluding hydrogens is 250 g/mol. The van der Waals surface area contributed by atoms with Crippen LogP contribution in [0, 0.1) is 10.1 Å². The predicted octanol–water partition coefficient (Wildman–Crippen LogP) is 3.10. The van der Waals surface area contributed by atoms with Crippen molar-refractivity contribution in [1.82, 2.24) is 0 Å². The minimum absolute atomic E-state index is 0.0167. The third-order valence-electron chi connectivity index (χ3n) is 2.41. The van der Waals surface area contributed by atoms with Crippen molar-refractivity contribution in [1.29, 1.82) is 0 Å². The van der Waals surface area contributed by atoms with E-state index >= 15 is 0 Å². The lowest BCUT2D eigenvalue weighted by Crippen LogP contribution is -1.97. The molecular formula is C13H11NO5. The number of aromatic hydroxyl groups is 1. The largest absolute Gasteiger partial charge is 0.508 e. The Labute approximate surface area is 109 Å². The van der Waals surface area contributed by atoms with E-state index in [0.717, 1.165) is 0 Å². The Bertz CT molecular complexity index is 612. The minimum Gasteiger partial charge on any atom is -0.508 e. The van der Waals surface area contributed by atoms with E-state index in [1.807, 2.05) is 0 Å². The number of phenols is 1. The number of ether oxygens (including phenoxy) is 2. The third kappa shape index (κ3) is 2.74. The van der Waals surface area contributed by atoms with Crippen LogP contribution in [0.15, 0.2) is 42.5 Å². The number of phenolic OH excluding ortho intramolecular Hbond substituents is 1. The Kier molecular flexibility index (Phi) is 3.51. The second kappa shape index (κ2) is 5.26. The summed E-state index contributed by atoms with van der Waals surface area (Å²) in [5.74, 6) is 0.483. The molecule has 98 valence electrons. The highest BCUT2D eigenvalue weighted by molar-refractivity contribution is 5.58. The molecule has 1 N–H and O–H groups in total. The number of nitro benzene ring substituents is 1. The molecule has 0 radical (unpaired) electrons. The van der Waals surface area contributed by atoms with Gasteiger partial charge in [-0.05, 0) is 24.3 Å². The fourth-order valence-electron chi connectivity index (χ4n) is 1.60. The predicted molar refractivity (Wildman–Crippen MR) is 67.8 cm³/mol. The highest BCUT2D eigenvalue weighted by atomic mass is 16.6. The molecule has 2 aromatic carbocycles. The molecule has 6 heteroatoms. The fraction of sp³-hybridized carbons (Fsp3) is 0.0769. The molecule has 0 aliphatic rings. The highest BCUT2D eigenvalue weighted by Gasteiger charge is 2.22. The Hall–Kier alpha value is -2.76. The Morgan fingerprint density at radius 2 is 1.84 bits per heavy atom. The van der Waals surface area contributed by atoms with Crippen molar-refractivity contribution in [2.45, 2.75) is 0 Å². The minimum atomic E-state index is -0.572. The molecule has 0 bridgehead atoms. The van der Waals surface area contributed by atoms with Gasteiger partial charge in [0, 0.05) is 6.07 Å². The Morgan fingerprint density at radius 3 is 2.47 bits per heavy atom. The summed E-state index contributed by atoms with van der Waals surface area (Å²) in [6.45, 7) is 0. The number of rotatable bonds is 4. The zero-order valence-electron chi connectivity index (χ0n) is 10.1. The van der Waals surface area contributed by atoms with E-state index in [1.165, 1.54) is 31.4 Å². The van der Waals surface area contributed by atoms with Gasteiger partial charge in [-0.3, -0.25) is 10.1 Å². The van der Waals surface area contributed by atoms with E-state index in [0.29, 0.717) is 5.75 Å². The third-order valence-corrected chi connectivity index (χ3v) is 2.41. The maximum absolute atomic E-state index is 11.1. The summed E-state index contributed by atoms with van der Waals surface area (Å²) in [7, 11) is 1.35. The first-order chi connectivity index (χ1) is 9.11. The average molecular weight is 261 g/mol. The summed E-state index contributed by atoms with van der Waals surface area (Å²) >= 11 is 0. The van der Waals surface area contributed by atoms with Crippen molar-refractivity contribution in [2.24, 2.45) is 0 Å². The van der Waals surface area contributed by atoms with Gasteiger partial charge in [-0.25, -0.2) is 0 Å². The molecule has 0 fully saturated rings. The molecule has 2 rings (SSSR count). The van der Waals surface area contributed by atoms with Gasteiger partial charge >= 0.3 is 5.69 Å². The van der Waals surface area contributed by atoms with Crippen molar-refractivity contribution < 1.29 is 19.5 Å². The lowest BCUT2D eigenvalue weighted by molar-refractivity contribution is -0.386. The molecule has 0 heterocycles. The van der Waals surface area contributed by atoms with Gasteiger partial charge in [-0.1, -0.05) is 12.1 Å². The van der Waals surface area contributed by atoms with Gasteiger partial charge in [0.25, 0.3) is 0 Å². The van der Waals surface area contributed by atoms with Crippen molar-refractivity contribution in [3.63, 3.8) is 0 Å². The van der Waals surface area contributed by atoms with Gasteiger partial charge in [0.15, 0.2) is 0 Å². The van der Waals surface area contributed by atoms with Gasteiger partial charge in [0.1, 0.15) is 11.5 Å². The smallest absolute Gasteiger partial charge is 0.352 e. The van der Waals surface area contributed by atoms with Crippen LogP contribution in [0.2, 0.25) is 0 Å². The van der Waals surface area contributed by atoms with Crippen LogP contribution in [-0.2, 0) is 0 Å². The SMILES string of the molecule is COc1cccc(Oc2cccc(O)c2)c1[N+](=O)[O-]. The maximum Gasteiger partial charge on any atom is 0.352 e. The molecule has 0 saturated heterocycles. The van der Waals surface area contributed by atoms with Crippen LogP contribution in [0.5, 0.6) is 23.0 Å². The molecule has 0 aliphatic carbocycles. The number of nitrogens with zero attached hydrogens (tertiary/aromatic N) is 1. The van der Waals surface area contributed by atoms with Gasteiger partial charge in [0.05, 0.1) is 12.0 Å². The van der Waals surface area contributed by atoms with E-state index in [9.17, 15) is 15.2 Å². The van der Waals surface area contributed by atoms with Gasteiger partial charge < -0.3 is 14.6 Å². The highest BCUT2D eigenvalue weighted by Crippen LogP contribution is 2.39. The summed E-state index contributed by atoms with van der Waals surface area (Å²) < 4.78 is 10.4. The molecule has 0 amide bonds. The second-order valence-electron chi connectivity index (χ2n) is 3.66. The van der Waals surface area contributed by atoms with Crippen molar-refractivity contribution in [3.8, 4) is 23.0 Å². The first-order valence-corrected chi connectivity index (χ1v) is 5.40. The zero-order chi connectivity index (χ0) is 13.8. The number of para-hydroxylation sites is 1. The molecule has 19 heavy (non-hydrogen) atoms. The lowest BCUT2D eigenvalue weighted by Gasteiger charge is -2.08. The van der Waals surface area contributed by atoms with E-state index in [1.54, 1.807) is 18.2 Å². The zero-order valence-corrected chi connectivity index (χ0v) is 10.1. The van der Waals surface area contributed by atoms with Crippen LogP contribution < -0.4 is 9.47 Å². The summed E-state index contributed by atoms with van der Waals surface area (Å²) in [4.78, 5) is 10.5.